The Morgan fingerprint density at radius 3 is 2.71 bits per heavy atom. The molecule has 2 N–H and O–H groups in total. The minimum Gasteiger partial charge on any atom is -0.504 e. The highest BCUT2D eigenvalue weighted by Crippen LogP contribution is 2.30. The molecule has 0 aromatic heterocycles. The minimum atomic E-state index is -1.41. The summed E-state index contributed by atoms with van der Waals surface area (Å²) in [4.78, 5) is 10.4. The molecular weight excluding hydrogens is 335 g/mol. The lowest BCUT2D eigenvalue weighted by atomic mass is 10.1. The first-order valence-corrected chi connectivity index (χ1v) is 6.95. The lowest BCUT2D eigenvalue weighted by Gasteiger charge is -2.08. The average molecular weight is 350 g/mol. The van der Waals surface area contributed by atoms with Gasteiger partial charge in [-0.1, -0.05) is 41.1 Å². The summed E-state index contributed by atoms with van der Waals surface area (Å²) >= 11 is 2.33. The van der Waals surface area contributed by atoms with E-state index in [1.54, 1.807) is 12.1 Å². The number of para-hydroxylation sites is 1. The Labute approximate surface area is 114 Å². The molecule has 0 aliphatic heterocycles. The van der Waals surface area contributed by atoms with E-state index >= 15 is 0 Å². The fourth-order valence-electron chi connectivity index (χ4n) is 1.53. The number of unbranched alkanes of at least 4 members (excludes halogenated alkanes) is 2. The highest BCUT2D eigenvalue weighted by molar-refractivity contribution is 14.1. The van der Waals surface area contributed by atoms with E-state index in [1.165, 1.54) is 6.07 Å². The number of phenols is 1. The van der Waals surface area contributed by atoms with Crippen molar-refractivity contribution in [2.24, 2.45) is 0 Å². The molecule has 17 heavy (non-hydrogen) atoms. The van der Waals surface area contributed by atoms with Crippen LogP contribution in [-0.2, 0) is 6.42 Å². The Morgan fingerprint density at radius 1 is 1.29 bits per heavy atom. The Balaban J connectivity index is 2.63. The summed E-state index contributed by atoms with van der Waals surface area (Å²) in [7, 11) is 0. The third-order valence-corrected chi connectivity index (χ3v) is 3.12. The summed E-state index contributed by atoms with van der Waals surface area (Å²) < 4.78 is 5.61. The molecule has 94 valence electrons. The summed E-state index contributed by atoms with van der Waals surface area (Å²) in [5.41, 5.74) is 0.734. The van der Waals surface area contributed by atoms with Crippen LogP contribution in [0, 0.1) is 0 Å². The SMILES string of the molecule is O=C(O)Oc1cccc(CCCCCI)c1O. The molecule has 1 aromatic rings. The molecule has 0 bridgehead atoms. The Bertz CT molecular complexity index is 379. The molecule has 0 heterocycles. The molecule has 0 saturated carbocycles. The summed E-state index contributed by atoms with van der Waals surface area (Å²) in [5.74, 6) is -0.0618. The number of phenolic OH excluding ortho intramolecular Hbond substituents is 1. The first kappa shape index (κ1) is 14.1. The van der Waals surface area contributed by atoms with E-state index in [0.29, 0.717) is 0 Å². The highest BCUT2D eigenvalue weighted by Gasteiger charge is 2.10. The molecule has 0 saturated heterocycles. The fourth-order valence-corrected chi connectivity index (χ4v) is 2.07. The topological polar surface area (TPSA) is 66.8 Å². The van der Waals surface area contributed by atoms with Gasteiger partial charge in [-0.25, -0.2) is 4.79 Å². The number of alkyl halides is 1. The van der Waals surface area contributed by atoms with Gasteiger partial charge in [0.05, 0.1) is 0 Å². The number of hydrogen-bond donors (Lipinski definition) is 2. The van der Waals surface area contributed by atoms with Crippen molar-refractivity contribution in [3.8, 4) is 11.5 Å². The van der Waals surface area contributed by atoms with Crippen molar-refractivity contribution in [3.05, 3.63) is 23.8 Å². The Hall–Kier alpha value is -0.980. The molecule has 5 heteroatoms. The molecular formula is C12H15IO4. The molecule has 1 aromatic carbocycles. The normalized spacial score (nSPS) is 10.2. The van der Waals surface area contributed by atoms with Gasteiger partial charge >= 0.3 is 6.16 Å². The van der Waals surface area contributed by atoms with E-state index in [-0.39, 0.29) is 11.5 Å². The van der Waals surface area contributed by atoms with Gasteiger partial charge in [-0.2, -0.15) is 0 Å². The Morgan fingerprint density at radius 2 is 2.06 bits per heavy atom. The summed E-state index contributed by atoms with van der Waals surface area (Å²) in [6, 6.07) is 4.91. The van der Waals surface area contributed by atoms with Crippen molar-refractivity contribution >= 4 is 28.7 Å². The van der Waals surface area contributed by atoms with Gasteiger partial charge in [0.1, 0.15) is 0 Å². The van der Waals surface area contributed by atoms with Crippen LogP contribution in [0.4, 0.5) is 4.79 Å². The third-order valence-electron chi connectivity index (χ3n) is 2.36. The van der Waals surface area contributed by atoms with Gasteiger partial charge in [-0.15, -0.1) is 0 Å². The second-order valence-electron chi connectivity index (χ2n) is 3.63. The summed E-state index contributed by atoms with van der Waals surface area (Å²) in [6.07, 6.45) is 2.56. The van der Waals surface area contributed by atoms with Gasteiger partial charge in [0.25, 0.3) is 0 Å². The molecule has 0 atom stereocenters. The van der Waals surface area contributed by atoms with Crippen LogP contribution in [0.2, 0.25) is 0 Å². The number of carboxylic acid groups (broad SMARTS) is 1. The van der Waals surface area contributed by atoms with Gasteiger partial charge in [-0.3, -0.25) is 0 Å². The van der Waals surface area contributed by atoms with Gasteiger partial charge in [0, 0.05) is 0 Å². The molecule has 0 spiro atoms. The first-order valence-electron chi connectivity index (χ1n) is 5.42. The number of aryl methyl sites for hydroxylation is 1. The van der Waals surface area contributed by atoms with Crippen LogP contribution in [0.1, 0.15) is 24.8 Å². The van der Waals surface area contributed by atoms with E-state index in [4.69, 9.17) is 5.11 Å². The van der Waals surface area contributed by atoms with Crippen molar-refractivity contribution in [2.45, 2.75) is 25.7 Å². The number of aromatic hydroxyl groups is 1. The zero-order valence-corrected chi connectivity index (χ0v) is 11.5. The molecule has 1 rings (SSSR count). The van der Waals surface area contributed by atoms with Gasteiger partial charge < -0.3 is 14.9 Å². The Kier molecular flexibility index (Phi) is 6.10. The van der Waals surface area contributed by atoms with Crippen LogP contribution in [-0.4, -0.2) is 20.8 Å². The van der Waals surface area contributed by atoms with Crippen LogP contribution in [0.5, 0.6) is 11.5 Å². The molecule has 0 radical (unpaired) electrons. The van der Waals surface area contributed by atoms with Crippen molar-refractivity contribution in [2.75, 3.05) is 4.43 Å². The largest absolute Gasteiger partial charge is 0.511 e. The third kappa shape index (κ3) is 4.80. The maximum Gasteiger partial charge on any atom is 0.511 e. The molecule has 0 unspecified atom stereocenters. The molecule has 4 nitrogen and oxygen atoms in total. The zero-order valence-electron chi connectivity index (χ0n) is 9.36. The number of hydrogen-bond acceptors (Lipinski definition) is 3. The number of rotatable bonds is 6. The number of benzene rings is 1. The summed E-state index contributed by atoms with van der Waals surface area (Å²) in [5, 5.41) is 18.3. The minimum absolute atomic E-state index is 0.00360. The van der Waals surface area contributed by atoms with E-state index < -0.39 is 6.16 Å². The van der Waals surface area contributed by atoms with Crippen molar-refractivity contribution in [1.82, 2.24) is 0 Å². The van der Waals surface area contributed by atoms with Gasteiger partial charge in [-0.05, 0) is 35.3 Å². The van der Waals surface area contributed by atoms with E-state index in [1.807, 2.05) is 0 Å². The first-order chi connectivity index (χ1) is 8.15. The predicted octanol–water partition coefficient (Wildman–Crippen LogP) is 3.60. The smallest absolute Gasteiger partial charge is 0.504 e. The molecule has 0 aliphatic rings. The average Bonchev–Trinajstić information content (AvgIpc) is 2.28. The van der Waals surface area contributed by atoms with Crippen LogP contribution < -0.4 is 4.74 Å². The summed E-state index contributed by atoms with van der Waals surface area (Å²) in [6.45, 7) is 0. The standard InChI is InChI=1S/C12H15IO4/c13-8-3-1-2-5-9-6-4-7-10(11(9)14)17-12(15)16/h4,6-7,14H,1-3,5,8H2,(H,15,16). The van der Waals surface area contributed by atoms with Crippen LogP contribution >= 0.6 is 22.6 Å². The van der Waals surface area contributed by atoms with Crippen molar-refractivity contribution in [3.63, 3.8) is 0 Å². The van der Waals surface area contributed by atoms with Crippen LogP contribution in [0.3, 0.4) is 0 Å². The number of ether oxygens (including phenoxy) is 1. The molecule has 0 aliphatic carbocycles. The maximum absolute atomic E-state index is 10.4. The van der Waals surface area contributed by atoms with Gasteiger partial charge in [0.15, 0.2) is 11.5 Å². The zero-order chi connectivity index (χ0) is 12.7. The lowest BCUT2D eigenvalue weighted by molar-refractivity contribution is 0.143. The van der Waals surface area contributed by atoms with Crippen molar-refractivity contribution in [1.29, 1.82) is 0 Å². The number of carbonyl (C=O) groups is 1. The number of halogens is 1. The van der Waals surface area contributed by atoms with Crippen LogP contribution in [0.25, 0.3) is 0 Å². The predicted molar refractivity (Wildman–Crippen MR) is 73.2 cm³/mol. The van der Waals surface area contributed by atoms with E-state index in [2.05, 4.69) is 27.3 Å². The van der Waals surface area contributed by atoms with E-state index in [9.17, 15) is 9.90 Å². The van der Waals surface area contributed by atoms with Crippen LogP contribution in [0.15, 0.2) is 18.2 Å². The quantitative estimate of drug-likeness (QED) is 0.271. The van der Waals surface area contributed by atoms with Crippen molar-refractivity contribution < 1.29 is 19.7 Å². The lowest BCUT2D eigenvalue weighted by Crippen LogP contribution is -2.03. The van der Waals surface area contributed by atoms with E-state index in [0.717, 1.165) is 35.7 Å². The molecule has 0 amide bonds. The van der Waals surface area contributed by atoms with Gasteiger partial charge in [0.2, 0.25) is 0 Å². The second kappa shape index (κ2) is 7.37. The maximum atomic E-state index is 10.4. The highest BCUT2D eigenvalue weighted by atomic mass is 127. The monoisotopic (exact) mass is 350 g/mol. The second-order valence-corrected chi connectivity index (χ2v) is 4.71. The molecule has 0 fully saturated rings. The fraction of sp³-hybridized carbons (Fsp3) is 0.417.